The molecule has 0 aromatic heterocycles. The van der Waals surface area contributed by atoms with Crippen molar-refractivity contribution in [1.82, 2.24) is 4.90 Å². The molecular formula is C20H32N2O2. The predicted octanol–water partition coefficient (Wildman–Crippen LogP) is 3.83. The van der Waals surface area contributed by atoms with Crippen molar-refractivity contribution in [2.24, 2.45) is 0 Å². The summed E-state index contributed by atoms with van der Waals surface area (Å²) >= 11 is 0. The van der Waals surface area contributed by atoms with Crippen LogP contribution in [0.4, 0.5) is 5.69 Å². The lowest BCUT2D eigenvalue weighted by Gasteiger charge is -2.32. The van der Waals surface area contributed by atoms with Gasteiger partial charge in [-0.25, -0.2) is 0 Å². The van der Waals surface area contributed by atoms with Gasteiger partial charge in [-0.2, -0.15) is 0 Å². The largest absolute Gasteiger partial charge is 0.377 e. The van der Waals surface area contributed by atoms with Crippen LogP contribution in [0.1, 0.15) is 49.3 Å². The van der Waals surface area contributed by atoms with Crippen LogP contribution < -0.4 is 5.32 Å². The Balaban J connectivity index is 1.76. The maximum atomic E-state index is 12.3. The first-order valence-corrected chi connectivity index (χ1v) is 9.21. The van der Waals surface area contributed by atoms with Crippen molar-refractivity contribution in [2.45, 2.75) is 59.5 Å². The van der Waals surface area contributed by atoms with Gasteiger partial charge < -0.3 is 15.0 Å². The lowest BCUT2D eigenvalue weighted by Crippen LogP contribution is -2.40. The molecule has 0 saturated carbocycles. The number of amides is 1. The third kappa shape index (κ3) is 5.60. The summed E-state index contributed by atoms with van der Waals surface area (Å²) in [6.45, 7) is 12.1. The van der Waals surface area contributed by atoms with Crippen LogP contribution in [0.15, 0.2) is 12.1 Å². The highest BCUT2D eigenvalue weighted by atomic mass is 16.5. The molecule has 1 aliphatic rings. The highest BCUT2D eigenvalue weighted by molar-refractivity contribution is 5.92. The number of ether oxygens (including phenoxy) is 1. The maximum absolute atomic E-state index is 12.3. The lowest BCUT2D eigenvalue weighted by molar-refractivity contribution is -0.116. The summed E-state index contributed by atoms with van der Waals surface area (Å²) in [5, 5.41) is 3.09. The Kier molecular flexibility index (Phi) is 7.25. The van der Waals surface area contributed by atoms with Crippen molar-refractivity contribution in [2.75, 3.05) is 31.6 Å². The first-order valence-electron chi connectivity index (χ1n) is 9.21. The highest BCUT2D eigenvalue weighted by Gasteiger charge is 2.19. The van der Waals surface area contributed by atoms with Crippen LogP contribution in [0, 0.1) is 20.8 Å². The summed E-state index contributed by atoms with van der Waals surface area (Å²) in [7, 11) is 0. The molecule has 1 aromatic carbocycles. The number of piperidine rings is 1. The van der Waals surface area contributed by atoms with Gasteiger partial charge in [0, 0.05) is 25.3 Å². The summed E-state index contributed by atoms with van der Waals surface area (Å²) in [6, 6.07) is 4.23. The molecule has 0 spiro atoms. The van der Waals surface area contributed by atoms with Crippen LogP contribution in [0.3, 0.4) is 0 Å². The minimum Gasteiger partial charge on any atom is -0.377 e. The fourth-order valence-electron chi connectivity index (χ4n) is 3.63. The Hall–Kier alpha value is -1.39. The molecule has 4 heteroatoms. The number of rotatable bonds is 7. The second kappa shape index (κ2) is 9.19. The van der Waals surface area contributed by atoms with Gasteiger partial charge in [0.2, 0.25) is 5.91 Å². The Morgan fingerprint density at radius 1 is 1.29 bits per heavy atom. The first-order chi connectivity index (χ1) is 11.5. The molecule has 134 valence electrons. The van der Waals surface area contributed by atoms with Gasteiger partial charge in [0.15, 0.2) is 0 Å². The van der Waals surface area contributed by atoms with Crippen LogP contribution in [-0.4, -0.2) is 43.2 Å². The predicted molar refractivity (Wildman–Crippen MR) is 99.6 cm³/mol. The van der Waals surface area contributed by atoms with Gasteiger partial charge >= 0.3 is 0 Å². The molecule has 1 aliphatic heterocycles. The summed E-state index contributed by atoms with van der Waals surface area (Å²) < 4.78 is 5.73. The zero-order chi connectivity index (χ0) is 17.5. The zero-order valence-corrected chi connectivity index (χ0v) is 15.7. The molecule has 0 unspecified atom stereocenters. The second-order valence-electron chi connectivity index (χ2n) is 6.95. The van der Waals surface area contributed by atoms with E-state index in [1.807, 2.05) is 0 Å². The molecule has 1 fully saturated rings. The van der Waals surface area contributed by atoms with Crippen LogP contribution in [-0.2, 0) is 9.53 Å². The molecular weight excluding hydrogens is 300 g/mol. The molecule has 1 N–H and O–H groups in total. The van der Waals surface area contributed by atoms with E-state index >= 15 is 0 Å². The van der Waals surface area contributed by atoms with Crippen molar-refractivity contribution < 1.29 is 9.53 Å². The minimum atomic E-state index is 0.114. The van der Waals surface area contributed by atoms with Gasteiger partial charge in [-0.3, -0.25) is 4.79 Å². The Morgan fingerprint density at radius 3 is 2.67 bits per heavy atom. The molecule has 1 atom stereocenters. The number of carbonyl (C=O) groups is 1. The molecule has 24 heavy (non-hydrogen) atoms. The molecule has 2 rings (SSSR count). The van der Waals surface area contributed by atoms with Crippen LogP contribution in [0.2, 0.25) is 0 Å². The van der Waals surface area contributed by atoms with E-state index in [-0.39, 0.29) is 5.91 Å². The lowest BCUT2D eigenvalue weighted by atomic mass is 10.0. The smallest absolute Gasteiger partial charge is 0.224 e. The Bertz CT molecular complexity index is 532. The molecule has 1 heterocycles. The van der Waals surface area contributed by atoms with Gasteiger partial charge in [-0.15, -0.1) is 0 Å². The van der Waals surface area contributed by atoms with Crippen LogP contribution in [0.5, 0.6) is 0 Å². The van der Waals surface area contributed by atoms with E-state index in [9.17, 15) is 4.79 Å². The number of aryl methyl sites for hydroxylation is 3. The minimum absolute atomic E-state index is 0.114. The van der Waals surface area contributed by atoms with Gasteiger partial charge in [0.05, 0.1) is 6.10 Å². The Labute approximate surface area is 146 Å². The van der Waals surface area contributed by atoms with E-state index in [1.165, 1.54) is 12.0 Å². The van der Waals surface area contributed by atoms with Crippen LogP contribution in [0.25, 0.3) is 0 Å². The fourth-order valence-corrected chi connectivity index (χ4v) is 3.63. The topological polar surface area (TPSA) is 41.6 Å². The standard InChI is InChI=1S/C20H32N2O2/c1-5-24-18-8-6-10-22(14-18)11-7-9-19(23)21-20-16(3)12-15(2)13-17(20)4/h12-13,18H,5-11,14H2,1-4H3,(H,21,23)/t18-/m0/s1. The van der Waals surface area contributed by atoms with E-state index in [0.717, 1.165) is 55.9 Å². The maximum Gasteiger partial charge on any atom is 0.224 e. The quantitative estimate of drug-likeness (QED) is 0.825. The summed E-state index contributed by atoms with van der Waals surface area (Å²) in [5.41, 5.74) is 4.48. The summed E-state index contributed by atoms with van der Waals surface area (Å²) in [4.78, 5) is 14.7. The molecule has 4 nitrogen and oxygen atoms in total. The van der Waals surface area contributed by atoms with Gasteiger partial charge in [0.1, 0.15) is 0 Å². The van der Waals surface area contributed by atoms with Crippen molar-refractivity contribution in [3.05, 3.63) is 28.8 Å². The van der Waals surface area contributed by atoms with Gasteiger partial charge in [-0.05, 0) is 71.2 Å². The van der Waals surface area contributed by atoms with E-state index < -0.39 is 0 Å². The second-order valence-corrected chi connectivity index (χ2v) is 6.95. The molecule has 1 amide bonds. The number of likely N-dealkylation sites (tertiary alicyclic amines) is 1. The van der Waals surface area contributed by atoms with E-state index in [1.54, 1.807) is 0 Å². The van der Waals surface area contributed by atoms with Gasteiger partial charge in [-0.1, -0.05) is 17.7 Å². The number of benzene rings is 1. The normalized spacial score (nSPS) is 18.6. The number of nitrogens with one attached hydrogen (secondary N) is 1. The van der Waals surface area contributed by atoms with Crippen molar-refractivity contribution in [3.8, 4) is 0 Å². The fraction of sp³-hybridized carbons (Fsp3) is 0.650. The number of anilines is 1. The third-order valence-electron chi connectivity index (χ3n) is 4.68. The van der Waals surface area contributed by atoms with Gasteiger partial charge in [0.25, 0.3) is 0 Å². The monoisotopic (exact) mass is 332 g/mol. The zero-order valence-electron chi connectivity index (χ0n) is 15.7. The molecule has 0 aliphatic carbocycles. The Morgan fingerprint density at radius 2 is 2.00 bits per heavy atom. The summed E-state index contributed by atoms with van der Waals surface area (Å²) in [6.07, 6.45) is 4.20. The van der Waals surface area contributed by atoms with Crippen molar-refractivity contribution in [3.63, 3.8) is 0 Å². The molecule has 0 bridgehead atoms. The van der Waals surface area contributed by atoms with Crippen LogP contribution >= 0.6 is 0 Å². The van der Waals surface area contributed by atoms with E-state index in [0.29, 0.717) is 12.5 Å². The van der Waals surface area contributed by atoms with E-state index in [4.69, 9.17) is 4.74 Å². The summed E-state index contributed by atoms with van der Waals surface area (Å²) in [5.74, 6) is 0.114. The number of hydrogen-bond acceptors (Lipinski definition) is 3. The van der Waals surface area contributed by atoms with Crippen molar-refractivity contribution in [1.29, 1.82) is 0 Å². The molecule has 1 aromatic rings. The van der Waals surface area contributed by atoms with E-state index in [2.05, 4.69) is 50.0 Å². The SMILES string of the molecule is CCO[C@H]1CCCN(CCCC(=O)Nc2c(C)cc(C)cc2C)C1. The average molecular weight is 332 g/mol. The molecule has 1 saturated heterocycles. The third-order valence-corrected chi connectivity index (χ3v) is 4.68. The number of hydrogen-bond donors (Lipinski definition) is 1. The van der Waals surface area contributed by atoms with Crippen molar-refractivity contribution >= 4 is 11.6 Å². The first kappa shape index (κ1) is 18.9. The average Bonchev–Trinajstić information content (AvgIpc) is 2.51. The number of nitrogens with zero attached hydrogens (tertiary/aromatic N) is 1. The molecule has 0 radical (unpaired) electrons. The number of carbonyl (C=O) groups excluding carboxylic acids is 1. The highest BCUT2D eigenvalue weighted by Crippen LogP contribution is 2.22.